The topological polar surface area (TPSA) is 78.0 Å². The summed E-state index contributed by atoms with van der Waals surface area (Å²) in [6.07, 6.45) is 12.5. The van der Waals surface area contributed by atoms with E-state index >= 15 is 4.39 Å². The minimum atomic E-state index is -0.465. The van der Waals surface area contributed by atoms with Gasteiger partial charge in [-0.25, -0.2) is 4.39 Å². The van der Waals surface area contributed by atoms with Gasteiger partial charge in [0.25, 0.3) is 0 Å². The number of nitrogens with two attached hydrogens (primary N) is 1. The quantitative estimate of drug-likeness (QED) is 0.396. The van der Waals surface area contributed by atoms with Crippen molar-refractivity contribution in [1.29, 1.82) is 5.26 Å². The van der Waals surface area contributed by atoms with E-state index in [2.05, 4.69) is 34.8 Å². The maximum atomic E-state index is 15.5. The van der Waals surface area contributed by atoms with Crippen molar-refractivity contribution in [2.75, 3.05) is 22.5 Å². The van der Waals surface area contributed by atoms with E-state index in [4.69, 9.17) is 5.73 Å². The third-order valence-electron chi connectivity index (χ3n) is 7.34. The summed E-state index contributed by atoms with van der Waals surface area (Å²) in [7, 11) is 0. The number of nitriles is 1. The Labute approximate surface area is 195 Å². The fourth-order valence-electron chi connectivity index (χ4n) is 5.39. The highest BCUT2D eigenvalue weighted by atomic mass is 19.1. The first-order valence-electron chi connectivity index (χ1n) is 11.8. The third kappa shape index (κ3) is 3.97. The molecule has 0 bridgehead atoms. The molecular formula is C27H32FN5. The number of hydrogen-bond donors (Lipinski definition) is 2. The summed E-state index contributed by atoms with van der Waals surface area (Å²) in [6, 6.07) is 6.24. The van der Waals surface area contributed by atoms with Crippen molar-refractivity contribution in [2.24, 2.45) is 0 Å². The van der Waals surface area contributed by atoms with Crippen LogP contribution in [0.25, 0.3) is 5.57 Å². The summed E-state index contributed by atoms with van der Waals surface area (Å²) in [6.45, 7) is 8.86. The van der Waals surface area contributed by atoms with E-state index in [9.17, 15) is 5.26 Å². The van der Waals surface area contributed by atoms with Crippen LogP contribution in [-0.2, 0) is 6.42 Å². The van der Waals surface area contributed by atoms with Crippen LogP contribution >= 0.6 is 0 Å². The van der Waals surface area contributed by atoms with E-state index in [1.54, 1.807) is 12.4 Å². The Morgan fingerprint density at radius 1 is 1.30 bits per heavy atom. The van der Waals surface area contributed by atoms with Gasteiger partial charge in [-0.05, 0) is 67.9 Å². The molecule has 0 radical (unpaired) electrons. The van der Waals surface area contributed by atoms with Gasteiger partial charge >= 0.3 is 0 Å². The van der Waals surface area contributed by atoms with Gasteiger partial charge in [0.15, 0.2) is 5.82 Å². The van der Waals surface area contributed by atoms with E-state index in [-0.39, 0.29) is 11.2 Å². The normalized spacial score (nSPS) is 16.8. The van der Waals surface area contributed by atoms with Gasteiger partial charge in [0.05, 0.1) is 22.6 Å². The van der Waals surface area contributed by atoms with Crippen molar-refractivity contribution in [2.45, 2.75) is 64.3 Å². The first kappa shape index (κ1) is 22.8. The predicted molar refractivity (Wildman–Crippen MR) is 133 cm³/mol. The highest BCUT2D eigenvalue weighted by Gasteiger charge is 2.42. The maximum Gasteiger partial charge on any atom is 0.170 e. The van der Waals surface area contributed by atoms with Gasteiger partial charge in [0.1, 0.15) is 6.07 Å². The summed E-state index contributed by atoms with van der Waals surface area (Å²) in [4.78, 5) is 6.27. The number of aryl methyl sites for hydroxylation is 1. The van der Waals surface area contributed by atoms with Crippen molar-refractivity contribution in [1.82, 2.24) is 4.98 Å². The van der Waals surface area contributed by atoms with Gasteiger partial charge < -0.3 is 16.0 Å². The second-order valence-corrected chi connectivity index (χ2v) is 9.13. The molecule has 0 saturated heterocycles. The highest BCUT2D eigenvalue weighted by molar-refractivity contribution is 6.00. The molecule has 1 aromatic carbocycles. The summed E-state index contributed by atoms with van der Waals surface area (Å²) in [5.41, 5.74) is 11.2. The molecule has 3 N–H and O–H groups in total. The van der Waals surface area contributed by atoms with Crippen molar-refractivity contribution in [3.8, 4) is 6.07 Å². The molecule has 2 heterocycles. The molecule has 1 aliphatic carbocycles. The van der Waals surface area contributed by atoms with Gasteiger partial charge in [-0.3, -0.25) is 4.98 Å². The lowest BCUT2D eigenvalue weighted by Crippen LogP contribution is -2.45. The highest BCUT2D eigenvalue weighted by Crippen LogP contribution is 2.51. The van der Waals surface area contributed by atoms with E-state index < -0.39 is 5.82 Å². The Bertz CT molecular complexity index is 1120. The number of pyridine rings is 1. The molecule has 1 aliphatic heterocycles. The minimum absolute atomic E-state index is 0.0623. The van der Waals surface area contributed by atoms with Crippen molar-refractivity contribution >= 4 is 22.6 Å². The second-order valence-electron chi connectivity index (χ2n) is 9.13. The Kier molecular flexibility index (Phi) is 6.42. The molecule has 1 saturated carbocycles. The van der Waals surface area contributed by atoms with Crippen LogP contribution in [0.3, 0.4) is 0 Å². The molecule has 0 unspecified atom stereocenters. The van der Waals surface area contributed by atoms with E-state index in [0.717, 1.165) is 56.2 Å². The fourth-order valence-corrected chi connectivity index (χ4v) is 5.39. The first-order valence-corrected chi connectivity index (χ1v) is 11.8. The number of halogens is 1. The number of nitrogen functional groups attached to an aromatic ring is 1. The number of hydrogen-bond acceptors (Lipinski definition) is 5. The van der Waals surface area contributed by atoms with E-state index in [1.165, 1.54) is 5.56 Å². The number of allylic oxidation sites excluding steroid dienone is 2. The smallest absolute Gasteiger partial charge is 0.170 e. The molecule has 33 heavy (non-hydrogen) atoms. The van der Waals surface area contributed by atoms with E-state index in [0.29, 0.717) is 28.9 Å². The van der Waals surface area contributed by atoms with Crippen LogP contribution in [0.4, 0.5) is 21.5 Å². The number of rotatable bonds is 7. The molecule has 172 valence electrons. The zero-order valence-corrected chi connectivity index (χ0v) is 19.5. The SMILES string of the molecule is C=C1C(C#N)=CN(C2(CC)CCCC2)c2c(C)c(NCCCc3ccncc3)c(F)c(N)c21. The lowest BCUT2D eigenvalue weighted by Gasteiger charge is -2.45. The standard InChI is InChI=1S/C27H32FN5/c1-4-27(11-5-6-12-27)33-17-21(16-29)18(2)22-24(30)23(28)25(19(3)26(22)33)32-13-7-8-20-9-14-31-15-10-20/h9-10,14-15,17,32H,2,4-8,11-13,30H2,1,3H3. The predicted octanol–water partition coefficient (Wildman–Crippen LogP) is 6.12. The van der Waals surface area contributed by atoms with Gasteiger partial charge in [0.2, 0.25) is 0 Å². The Morgan fingerprint density at radius 3 is 2.64 bits per heavy atom. The number of benzene rings is 1. The maximum absolute atomic E-state index is 15.5. The van der Waals surface area contributed by atoms with Crippen LogP contribution in [0.2, 0.25) is 0 Å². The fraction of sp³-hybridized carbons (Fsp3) is 0.407. The number of nitrogens with zero attached hydrogens (tertiary/aromatic N) is 3. The average molecular weight is 446 g/mol. The minimum Gasteiger partial charge on any atom is -0.396 e. The summed E-state index contributed by atoms with van der Waals surface area (Å²) >= 11 is 0. The molecule has 5 nitrogen and oxygen atoms in total. The molecule has 1 fully saturated rings. The molecule has 0 atom stereocenters. The zero-order chi connectivity index (χ0) is 23.6. The van der Waals surface area contributed by atoms with Gasteiger partial charge in [0, 0.05) is 36.2 Å². The molecule has 2 aromatic rings. The number of fused-ring (bicyclic) bond motifs is 1. The van der Waals surface area contributed by atoms with Gasteiger partial charge in [-0.2, -0.15) is 5.26 Å². The molecule has 1 aromatic heterocycles. The molecule has 2 aliphatic rings. The van der Waals surface area contributed by atoms with Crippen LogP contribution in [0.15, 0.2) is 42.9 Å². The van der Waals surface area contributed by atoms with Crippen LogP contribution < -0.4 is 16.0 Å². The monoisotopic (exact) mass is 445 g/mol. The van der Waals surface area contributed by atoms with Gasteiger partial charge in [-0.1, -0.05) is 26.3 Å². The molecular weight excluding hydrogens is 413 g/mol. The molecule has 4 rings (SSSR count). The number of aromatic nitrogens is 1. The van der Waals surface area contributed by atoms with Crippen molar-refractivity contribution < 1.29 is 4.39 Å². The Morgan fingerprint density at radius 2 is 2.00 bits per heavy atom. The second kappa shape index (κ2) is 9.27. The summed E-state index contributed by atoms with van der Waals surface area (Å²) < 4.78 is 15.5. The zero-order valence-electron chi connectivity index (χ0n) is 19.5. The first-order chi connectivity index (χ1) is 15.9. The third-order valence-corrected chi connectivity index (χ3v) is 7.34. The average Bonchev–Trinajstić information content (AvgIpc) is 3.33. The van der Waals surface area contributed by atoms with Crippen LogP contribution in [0, 0.1) is 24.1 Å². The molecule has 6 heteroatoms. The van der Waals surface area contributed by atoms with Gasteiger partial charge in [-0.15, -0.1) is 0 Å². The Balaban J connectivity index is 1.71. The summed E-state index contributed by atoms with van der Waals surface area (Å²) in [5.74, 6) is -0.465. The van der Waals surface area contributed by atoms with Crippen molar-refractivity contribution in [3.05, 3.63) is 65.4 Å². The lowest BCUT2D eigenvalue weighted by atomic mass is 9.84. The lowest BCUT2D eigenvalue weighted by molar-refractivity contribution is 0.410. The van der Waals surface area contributed by atoms with Crippen LogP contribution in [-0.4, -0.2) is 17.1 Å². The van der Waals surface area contributed by atoms with Crippen LogP contribution in [0.5, 0.6) is 0 Å². The largest absolute Gasteiger partial charge is 0.396 e. The summed E-state index contributed by atoms with van der Waals surface area (Å²) in [5, 5.41) is 13.1. The van der Waals surface area contributed by atoms with E-state index in [1.807, 2.05) is 25.3 Å². The number of anilines is 3. The van der Waals surface area contributed by atoms with Crippen LogP contribution in [0.1, 0.15) is 62.1 Å². The van der Waals surface area contributed by atoms with Crippen molar-refractivity contribution in [3.63, 3.8) is 0 Å². The number of nitrogens with one attached hydrogen (secondary N) is 1. The molecule has 0 spiro atoms. The Hall–Kier alpha value is -3.33. The molecule has 0 amide bonds.